The normalized spacial score (nSPS) is 11.6. The van der Waals surface area contributed by atoms with E-state index in [-0.39, 0.29) is 12.5 Å². The van der Waals surface area contributed by atoms with Gasteiger partial charge in [0.1, 0.15) is 6.61 Å². The van der Waals surface area contributed by atoms with Gasteiger partial charge in [0.15, 0.2) is 5.82 Å². The molecular weight excluding hydrogens is 445 g/mol. The Hall–Kier alpha value is -3.82. The number of ether oxygens (including phenoxy) is 1. The SMILES string of the molecule is CCCc1c(CC)nc(C(F)(F)F)nc1OCc1ccc(-c2ccccc2-c2nnn[nH]2)cc1. The minimum Gasteiger partial charge on any atom is -0.473 e. The molecular formula is C24H23F3N6O. The summed E-state index contributed by atoms with van der Waals surface area (Å²) in [5.41, 5.74) is 4.54. The van der Waals surface area contributed by atoms with Crippen molar-refractivity contribution in [3.8, 4) is 28.4 Å². The van der Waals surface area contributed by atoms with Crippen LogP contribution in [0.15, 0.2) is 48.5 Å². The molecule has 2 aromatic carbocycles. The van der Waals surface area contributed by atoms with E-state index >= 15 is 0 Å². The van der Waals surface area contributed by atoms with Crippen molar-refractivity contribution < 1.29 is 17.9 Å². The molecule has 7 nitrogen and oxygen atoms in total. The molecule has 0 aliphatic rings. The van der Waals surface area contributed by atoms with Crippen molar-refractivity contribution in [2.75, 3.05) is 0 Å². The predicted octanol–water partition coefficient (Wildman–Crippen LogP) is 5.44. The summed E-state index contributed by atoms with van der Waals surface area (Å²) >= 11 is 0. The highest BCUT2D eigenvalue weighted by Crippen LogP contribution is 2.32. The van der Waals surface area contributed by atoms with E-state index in [4.69, 9.17) is 4.74 Å². The fraction of sp³-hybridized carbons (Fsp3) is 0.292. The maximum absolute atomic E-state index is 13.3. The standard InChI is InChI=1S/C24H23F3N6O/c1-3-7-19-20(4-2)28-23(24(25,26)27)29-22(19)34-14-15-10-12-16(13-11-15)17-8-5-6-9-18(17)21-30-32-33-31-21/h5-6,8-13H,3-4,7,14H2,1-2H3,(H,30,31,32,33). The minimum atomic E-state index is -4.64. The Morgan fingerprint density at radius 2 is 1.68 bits per heavy atom. The Kier molecular flexibility index (Phi) is 6.85. The van der Waals surface area contributed by atoms with Gasteiger partial charge in [-0.2, -0.15) is 18.2 Å². The Bertz CT molecular complexity index is 1240. The van der Waals surface area contributed by atoms with Gasteiger partial charge in [-0.3, -0.25) is 0 Å². The first-order valence-corrected chi connectivity index (χ1v) is 10.9. The number of tetrazole rings is 1. The van der Waals surface area contributed by atoms with Gasteiger partial charge < -0.3 is 4.74 Å². The lowest BCUT2D eigenvalue weighted by Crippen LogP contribution is -2.16. The summed E-state index contributed by atoms with van der Waals surface area (Å²) in [5.74, 6) is -0.622. The van der Waals surface area contributed by atoms with Gasteiger partial charge in [0.05, 0.1) is 5.69 Å². The van der Waals surface area contributed by atoms with Gasteiger partial charge in [-0.25, -0.2) is 10.1 Å². The lowest BCUT2D eigenvalue weighted by molar-refractivity contribution is -0.145. The molecule has 1 N–H and O–H groups in total. The number of alkyl halides is 3. The average molecular weight is 468 g/mol. The van der Waals surface area contributed by atoms with E-state index < -0.39 is 12.0 Å². The topological polar surface area (TPSA) is 89.5 Å². The quantitative estimate of drug-likeness (QED) is 0.371. The first-order chi connectivity index (χ1) is 16.4. The fourth-order valence-electron chi connectivity index (χ4n) is 3.69. The molecule has 176 valence electrons. The van der Waals surface area contributed by atoms with Crippen LogP contribution in [-0.2, 0) is 25.6 Å². The van der Waals surface area contributed by atoms with Crippen LogP contribution in [0.5, 0.6) is 5.88 Å². The molecule has 0 radical (unpaired) electrons. The first-order valence-electron chi connectivity index (χ1n) is 10.9. The first kappa shape index (κ1) is 23.3. The minimum absolute atomic E-state index is 0.00623. The zero-order valence-electron chi connectivity index (χ0n) is 18.7. The smallest absolute Gasteiger partial charge is 0.451 e. The van der Waals surface area contributed by atoms with Crippen molar-refractivity contribution in [3.05, 3.63) is 71.2 Å². The van der Waals surface area contributed by atoms with Gasteiger partial charge in [0.25, 0.3) is 0 Å². The molecule has 4 rings (SSSR count). The average Bonchev–Trinajstić information content (AvgIpc) is 3.38. The highest BCUT2D eigenvalue weighted by molar-refractivity contribution is 5.80. The number of nitrogens with zero attached hydrogens (tertiary/aromatic N) is 5. The molecule has 0 spiro atoms. The van der Waals surface area contributed by atoms with Crippen molar-refractivity contribution in [1.29, 1.82) is 0 Å². The van der Waals surface area contributed by atoms with E-state index in [1.807, 2.05) is 55.5 Å². The van der Waals surface area contributed by atoms with Gasteiger partial charge in [-0.05, 0) is 40.0 Å². The number of rotatable bonds is 8. The third kappa shape index (κ3) is 5.05. The Labute approximate surface area is 194 Å². The number of aromatic amines is 1. The van der Waals surface area contributed by atoms with Gasteiger partial charge in [0.2, 0.25) is 11.7 Å². The maximum atomic E-state index is 13.3. The molecule has 0 atom stereocenters. The number of halogens is 3. The van der Waals surface area contributed by atoms with Crippen LogP contribution in [0, 0.1) is 0 Å². The molecule has 0 bridgehead atoms. The second-order valence-electron chi connectivity index (χ2n) is 7.66. The molecule has 0 aliphatic carbocycles. The Morgan fingerprint density at radius 3 is 2.29 bits per heavy atom. The summed E-state index contributed by atoms with van der Waals surface area (Å²) in [6.45, 7) is 3.81. The molecule has 0 aliphatic heterocycles. The van der Waals surface area contributed by atoms with E-state index in [9.17, 15) is 13.2 Å². The molecule has 0 saturated carbocycles. The molecule has 2 aromatic heterocycles. The van der Waals surface area contributed by atoms with Gasteiger partial charge in [0, 0.05) is 11.1 Å². The van der Waals surface area contributed by atoms with Crippen molar-refractivity contribution in [2.45, 2.75) is 45.9 Å². The summed E-state index contributed by atoms with van der Waals surface area (Å²) < 4.78 is 45.7. The van der Waals surface area contributed by atoms with Crippen LogP contribution in [0.3, 0.4) is 0 Å². The van der Waals surface area contributed by atoms with E-state index in [0.717, 1.165) is 28.7 Å². The van der Waals surface area contributed by atoms with Crippen molar-refractivity contribution in [2.24, 2.45) is 0 Å². The van der Waals surface area contributed by atoms with Crippen LogP contribution in [0.2, 0.25) is 0 Å². The summed E-state index contributed by atoms with van der Waals surface area (Å²) in [6.07, 6.45) is -2.98. The molecule has 0 saturated heterocycles. The molecule has 0 amide bonds. The van der Waals surface area contributed by atoms with Crippen LogP contribution in [0.25, 0.3) is 22.5 Å². The lowest BCUT2D eigenvalue weighted by atomic mass is 9.98. The zero-order valence-corrected chi connectivity index (χ0v) is 18.7. The fourth-order valence-corrected chi connectivity index (χ4v) is 3.69. The van der Waals surface area contributed by atoms with Crippen molar-refractivity contribution in [1.82, 2.24) is 30.6 Å². The highest BCUT2D eigenvalue weighted by Gasteiger charge is 2.36. The van der Waals surface area contributed by atoms with Crippen molar-refractivity contribution >= 4 is 0 Å². The number of aromatic nitrogens is 6. The number of H-pyrrole nitrogens is 1. The number of benzene rings is 2. The lowest BCUT2D eigenvalue weighted by Gasteiger charge is -2.16. The monoisotopic (exact) mass is 468 g/mol. The van der Waals surface area contributed by atoms with Gasteiger partial charge in [-0.15, -0.1) is 5.10 Å². The summed E-state index contributed by atoms with van der Waals surface area (Å²) in [5, 5.41) is 14.0. The van der Waals surface area contributed by atoms with Crippen LogP contribution < -0.4 is 4.74 Å². The van der Waals surface area contributed by atoms with Crippen LogP contribution in [-0.4, -0.2) is 30.6 Å². The number of hydrogen-bond donors (Lipinski definition) is 1. The van der Waals surface area contributed by atoms with Gasteiger partial charge >= 0.3 is 6.18 Å². The molecule has 4 aromatic rings. The second-order valence-corrected chi connectivity index (χ2v) is 7.66. The van der Waals surface area contributed by atoms with Crippen molar-refractivity contribution in [3.63, 3.8) is 0 Å². The molecule has 10 heteroatoms. The zero-order chi connectivity index (χ0) is 24.1. The maximum Gasteiger partial charge on any atom is 0.451 e. The van der Waals surface area contributed by atoms with Crippen LogP contribution >= 0.6 is 0 Å². The molecule has 34 heavy (non-hydrogen) atoms. The largest absolute Gasteiger partial charge is 0.473 e. The molecule has 0 unspecified atom stereocenters. The Balaban J connectivity index is 1.58. The summed E-state index contributed by atoms with van der Waals surface area (Å²) in [6, 6.07) is 15.3. The molecule has 2 heterocycles. The number of aryl methyl sites for hydroxylation is 1. The summed E-state index contributed by atoms with van der Waals surface area (Å²) in [4.78, 5) is 7.45. The van der Waals surface area contributed by atoms with Crippen LogP contribution in [0.1, 0.15) is 42.9 Å². The van der Waals surface area contributed by atoms with Crippen LogP contribution in [0.4, 0.5) is 13.2 Å². The van der Waals surface area contributed by atoms with Gasteiger partial charge in [-0.1, -0.05) is 68.8 Å². The third-order valence-electron chi connectivity index (χ3n) is 5.31. The number of nitrogens with one attached hydrogen (secondary N) is 1. The van der Waals surface area contributed by atoms with E-state index in [1.54, 1.807) is 6.92 Å². The van der Waals surface area contributed by atoms with E-state index in [1.165, 1.54) is 0 Å². The number of hydrogen-bond acceptors (Lipinski definition) is 6. The Morgan fingerprint density at radius 1 is 0.941 bits per heavy atom. The van der Waals surface area contributed by atoms with E-state index in [0.29, 0.717) is 29.9 Å². The highest BCUT2D eigenvalue weighted by atomic mass is 19.4. The molecule has 0 fully saturated rings. The predicted molar refractivity (Wildman–Crippen MR) is 120 cm³/mol. The summed E-state index contributed by atoms with van der Waals surface area (Å²) in [7, 11) is 0. The van der Waals surface area contributed by atoms with E-state index in [2.05, 4.69) is 30.6 Å². The second kappa shape index (κ2) is 9.98. The third-order valence-corrected chi connectivity index (χ3v) is 5.31.